The second kappa shape index (κ2) is 15.0. The Kier molecular flexibility index (Phi) is 11.2. The van der Waals surface area contributed by atoms with Crippen LogP contribution in [-0.4, -0.2) is 36.3 Å². The Bertz CT molecular complexity index is 1700. The molecule has 2 aromatic carbocycles. The lowest BCUT2D eigenvalue weighted by Crippen LogP contribution is -2.40. The molecule has 0 saturated heterocycles. The first-order valence-corrected chi connectivity index (χ1v) is 15.8. The molecule has 0 radical (unpaired) electrons. The van der Waals surface area contributed by atoms with Crippen LogP contribution in [0.3, 0.4) is 0 Å². The first-order chi connectivity index (χ1) is 21.1. The number of aromatic nitrogens is 1. The second-order valence-corrected chi connectivity index (χ2v) is 11.9. The van der Waals surface area contributed by atoms with Crippen molar-refractivity contribution >= 4 is 29.4 Å². The van der Waals surface area contributed by atoms with Gasteiger partial charge in [0, 0.05) is 6.92 Å². The van der Waals surface area contributed by atoms with Gasteiger partial charge in [-0.1, -0.05) is 63.1 Å². The molecule has 1 atom stereocenters. The smallest absolute Gasteiger partial charge is 0.338 e. The summed E-state index contributed by atoms with van der Waals surface area (Å²) in [5.74, 6) is 0.441. The minimum Gasteiger partial charge on any atom is -0.494 e. The minimum absolute atomic E-state index is 0.125. The summed E-state index contributed by atoms with van der Waals surface area (Å²) in [6, 6.07) is 11.8. The van der Waals surface area contributed by atoms with Crippen LogP contribution < -0.4 is 29.1 Å². The van der Waals surface area contributed by atoms with E-state index in [1.165, 1.54) is 22.8 Å². The maximum absolute atomic E-state index is 14.0. The summed E-state index contributed by atoms with van der Waals surface area (Å²) >= 11 is 1.25. The van der Waals surface area contributed by atoms with Crippen LogP contribution in [0, 0.1) is 5.92 Å². The van der Waals surface area contributed by atoms with Gasteiger partial charge in [0.05, 0.1) is 41.7 Å². The quantitative estimate of drug-likeness (QED) is 0.145. The number of thiazole rings is 1. The van der Waals surface area contributed by atoms with Crippen LogP contribution in [0.5, 0.6) is 17.2 Å². The minimum atomic E-state index is -0.836. The molecule has 1 aromatic heterocycles. The van der Waals surface area contributed by atoms with Crippen molar-refractivity contribution in [2.24, 2.45) is 10.9 Å². The lowest BCUT2D eigenvalue weighted by Gasteiger charge is -2.25. The molecule has 4 rings (SSSR count). The van der Waals surface area contributed by atoms with Gasteiger partial charge in [0.25, 0.3) is 5.56 Å². The molecule has 0 N–H and O–H groups in total. The van der Waals surface area contributed by atoms with Gasteiger partial charge < -0.3 is 18.9 Å². The molecule has 1 unspecified atom stereocenters. The molecule has 1 aliphatic heterocycles. The number of nitrogens with zero attached hydrogens (tertiary/aromatic N) is 2. The Morgan fingerprint density at radius 1 is 1.05 bits per heavy atom. The number of fused-ring (bicyclic) bond motifs is 1. The highest BCUT2D eigenvalue weighted by atomic mass is 32.1. The van der Waals surface area contributed by atoms with Gasteiger partial charge in [-0.2, -0.15) is 0 Å². The van der Waals surface area contributed by atoms with Gasteiger partial charge in [0.15, 0.2) is 16.3 Å². The average Bonchev–Trinajstić information content (AvgIpc) is 3.28. The topological polar surface area (TPSA) is 105 Å². The number of hydrogen-bond acceptors (Lipinski definition) is 9. The van der Waals surface area contributed by atoms with E-state index in [0.29, 0.717) is 39.6 Å². The highest BCUT2D eigenvalue weighted by Crippen LogP contribution is 2.36. The van der Waals surface area contributed by atoms with E-state index < -0.39 is 18.0 Å². The van der Waals surface area contributed by atoms with Crippen molar-refractivity contribution in [2.45, 2.75) is 66.8 Å². The molecule has 0 aliphatic carbocycles. The van der Waals surface area contributed by atoms with E-state index in [1.807, 2.05) is 51.1 Å². The Labute approximate surface area is 261 Å². The normalized spacial score (nSPS) is 14.7. The number of unbranched alkanes of at least 4 members (excludes halogenated alkanes) is 2. The summed E-state index contributed by atoms with van der Waals surface area (Å²) in [6.07, 6.45) is 5.08. The molecule has 234 valence electrons. The SMILES string of the molecule is CCCCCOc1ccc(C=c2sc3n(c2=O)C(c2ccc(OC(C)=O)c(OCC)c2)C(C(=O)OCC(C)C)=C(C)N=3)cc1. The molecular formula is C34H40N2O7S. The fourth-order valence-corrected chi connectivity index (χ4v) is 5.82. The lowest BCUT2D eigenvalue weighted by molar-refractivity contribution is -0.140. The van der Waals surface area contributed by atoms with Crippen molar-refractivity contribution in [3.05, 3.63) is 84.5 Å². The maximum atomic E-state index is 14.0. The highest BCUT2D eigenvalue weighted by molar-refractivity contribution is 7.07. The van der Waals surface area contributed by atoms with Crippen molar-refractivity contribution in [3.8, 4) is 17.2 Å². The third-order valence-corrected chi connectivity index (χ3v) is 7.80. The summed E-state index contributed by atoms with van der Waals surface area (Å²) in [4.78, 5) is 44.4. The summed E-state index contributed by atoms with van der Waals surface area (Å²) in [5, 5.41) is 0. The molecule has 2 heterocycles. The zero-order valence-electron chi connectivity index (χ0n) is 26.2. The van der Waals surface area contributed by atoms with Crippen molar-refractivity contribution in [1.82, 2.24) is 4.57 Å². The van der Waals surface area contributed by atoms with Crippen LogP contribution in [0.15, 0.2) is 63.5 Å². The maximum Gasteiger partial charge on any atom is 0.338 e. The van der Waals surface area contributed by atoms with Gasteiger partial charge >= 0.3 is 11.9 Å². The molecule has 1 aliphatic rings. The van der Waals surface area contributed by atoms with E-state index in [1.54, 1.807) is 25.1 Å². The fourth-order valence-electron chi connectivity index (χ4n) is 4.77. The van der Waals surface area contributed by atoms with Crippen LogP contribution in [0.1, 0.15) is 78.0 Å². The Morgan fingerprint density at radius 3 is 2.45 bits per heavy atom. The Hall–Kier alpha value is -4.18. The van der Waals surface area contributed by atoms with Gasteiger partial charge in [0.2, 0.25) is 0 Å². The molecule has 0 bridgehead atoms. The molecule has 3 aromatic rings. The number of rotatable bonds is 13. The van der Waals surface area contributed by atoms with Gasteiger partial charge in [-0.05, 0) is 67.7 Å². The summed E-state index contributed by atoms with van der Waals surface area (Å²) in [6.45, 7) is 12.1. The van der Waals surface area contributed by atoms with Crippen LogP contribution in [0.25, 0.3) is 6.08 Å². The van der Waals surface area contributed by atoms with Gasteiger partial charge in [-0.15, -0.1) is 0 Å². The van der Waals surface area contributed by atoms with Crippen molar-refractivity contribution in [1.29, 1.82) is 0 Å². The van der Waals surface area contributed by atoms with Crippen molar-refractivity contribution < 1.29 is 28.5 Å². The fraction of sp³-hybridized carbons (Fsp3) is 0.412. The Balaban J connectivity index is 1.80. The number of esters is 2. The standard InChI is InChI=1S/C34H40N2O7S/c1-7-9-10-17-41-26-14-11-24(12-15-26)18-29-32(38)36-31(25-13-16-27(43-23(6)37)28(19-25)40-8-2)30(22(5)35-34(36)44-29)33(39)42-20-21(3)4/h11-16,18-19,21,31H,7-10,17,20H2,1-6H3. The summed E-state index contributed by atoms with van der Waals surface area (Å²) in [7, 11) is 0. The number of benzene rings is 2. The predicted octanol–water partition coefficient (Wildman–Crippen LogP) is 5.33. The van der Waals surface area contributed by atoms with E-state index in [4.69, 9.17) is 18.9 Å². The lowest BCUT2D eigenvalue weighted by atomic mass is 9.95. The largest absolute Gasteiger partial charge is 0.494 e. The zero-order valence-corrected chi connectivity index (χ0v) is 27.0. The van der Waals surface area contributed by atoms with Crippen molar-refractivity contribution in [2.75, 3.05) is 19.8 Å². The van der Waals surface area contributed by atoms with Crippen molar-refractivity contribution in [3.63, 3.8) is 0 Å². The van der Waals surface area contributed by atoms with E-state index in [2.05, 4.69) is 11.9 Å². The van der Waals surface area contributed by atoms with Crippen LogP contribution in [0.2, 0.25) is 0 Å². The van der Waals surface area contributed by atoms with Gasteiger partial charge in [0.1, 0.15) is 5.75 Å². The molecule has 0 fully saturated rings. The molecular weight excluding hydrogens is 580 g/mol. The summed E-state index contributed by atoms with van der Waals surface area (Å²) < 4.78 is 24.6. The zero-order chi connectivity index (χ0) is 31.8. The van der Waals surface area contributed by atoms with E-state index in [9.17, 15) is 14.4 Å². The number of hydrogen-bond donors (Lipinski definition) is 0. The number of allylic oxidation sites excluding steroid dienone is 1. The van der Waals surface area contributed by atoms with Crippen LogP contribution >= 0.6 is 11.3 Å². The Morgan fingerprint density at radius 2 is 1.80 bits per heavy atom. The molecule has 0 saturated carbocycles. The third kappa shape index (κ3) is 7.85. The van der Waals surface area contributed by atoms with Crippen LogP contribution in [0.4, 0.5) is 0 Å². The van der Waals surface area contributed by atoms with Crippen LogP contribution in [-0.2, 0) is 14.3 Å². The van der Waals surface area contributed by atoms with Gasteiger partial charge in [-0.25, -0.2) is 9.79 Å². The van der Waals surface area contributed by atoms with E-state index in [-0.39, 0.29) is 29.4 Å². The number of ether oxygens (including phenoxy) is 4. The highest BCUT2D eigenvalue weighted by Gasteiger charge is 2.34. The molecule has 0 spiro atoms. The van der Waals surface area contributed by atoms with E-state index in [0.717, 1.165) is 30.6 Å². The molecule has 10 heteroatoms. The third-order valence-electron chi connectivity index (χ3n) is 6.82. The van der Waals surface area contributed by atoms with Gasteiger partial charge in [-0.3, -0.25) is 14.2 Å². The number of carbonyl (C=O) groups is 2. The molecule has 9 nitrogen and oxygen atoms in total. The predicted molar refractivity (Wildman–Crippen MR) is 170 cm³/mol. The average molecular weight is 621 g/mol. The summed E-state index contributed by atoms with van der Waals surface area (Å²) in [5.41, 5.74) is 1.86. The number of carbonyl (C=O) groups excluding carboxylic acids is 2. The first-order valence-electron chi connectivity index (χ1n) is 15.0. The second-order valence-electron chi connectivity index (χ2n) is 10.9. The first kappa shape index (κ1) is 32.7. The molecule has 44 heavy (non-hydrogen) atoms. The molecule has 0 amide bonds. The van der Waals surface area contributed by atoms with E-state index >= 15 is 0 Å². The monoisotopic (exact) mass is 620 g/mol.